The van der Waals surface area contributed by atoms with E-state index in [0.717, 1.165) is 21.7 Å². The number of hydrogen-bond acceptors (Lipinski definition) is 6. The number of benzene rings is 1. The number of likely N-dealkylation sites (N-methyl/N-ethyl adjacent to an activating group) is 1. The molecule has 12 nitrogen and oxygen atoms in total. The minimum absolute atomic E-state index is 0.000852. The van der Waals surface area contributed by atoms with E-state index in [1.54, 1.807) is 20.8 Å². The van der Waals surface area contributed by atoms with Gasteiger partial charge in [-0.25, -0.2) is 26.3 Å². The number of carbonyl (C=O) groups excluding carboxylic acids is 4. The first-order valence-electron chi connectivity index (χ1n) is 17.6. The maximum absolute atomic E-state index is 14.4. The van der Waals surface area contributed by atoms with Crippen molar-refractivity contribution in [1.82, 2.24) is 30.1 Å². The Balaban J connectivity index is 1.54. The topological polar surface area (TPSA) is 148 Å². The molecule has 0 spiro atoms. The number of nitrogens with zero attached hydrogens (tertiary/aromatic N) is 3. The van der Waals surface area contributed by atoms with Crippen LogP contribution in [0.1, 0.15) is 72.9 Å². The van der Waals surface area contributed by atoms with Gasteiger partial charge in [-0.15, -0.1) is 0 Å². The molecule has 15 heteroatoms. The number of urea groups is 1. The van der Waals surface area contributed by atoms with Crippen molar-refractivity contribution in [2.45, 2.75) is 105 Å². The average molecular weight is 739 g/mol. The second-order valence-electron chi connectivity index (χ2n) is 17.2. The highest BCUT2D eigenvalue weighted by Crippen LogP contribution is 2.65. The molecular weight excluding hydrogens is 682 g/mol. The lowest BCUT2D eigenvalue weighted by molar-refractivity contribution is -0.145. The number of alkyl halides is 2. The van der Waals surface area contributed by atoms with Crippen LogP contribution >= 0.6 is 0 Å². The number of likely N-dealkylation sites (tertiary alicyclic amines) is 1. The Morgan fingerprint density at radius 1 is 0.961 bits per heavy atom. The molecule has 5 amide bonds. The van der Waals surface area contributed by atoms with E-state index in [-0.39, 0.29) is 36.9 Å². The van der Waals surface area contributed by atoms with Gasteiger partial charge in [0, 0.05) is 45.7 Å². The van der Waals surface area contributed by atoms with Crippen molar-refractivity contribution in [1.29, 1.82) is 0 Å². The number of hydrogen-bond donors (Lipinski definition) is 3. The van der Waals surface area contributed by atoms with Gasteiger partial charge in [-0.3, -0.25) is 14.4 Å². The maximum atomic E-state index is 14.4. The highest BCUT2D eigenvalue weighted by Gasteiger charge is 2.70. The summed E-state index contributed by atoms with van der Waals surface area (Å²) in [5, 5.41) is 8.27. The molecule has 51 heavy (non-hydrogen) atoms. The third-order valence-corrected chi connectivity index (χ3v) is 12.3. The molecule has 3 aliphatic rings. The SMILES string of the molecule is CN(C[C@@H](NC(=O)N[C@H](C(=O)N1C[C@H]2[C@@H]([C@H]1C(=O)N[C@@H](CC(F)F)C(=O)N1CCc3ccccc3C1)C2(C)C)C(C)(C)C)C(C)(C)C)S(C)(=O)=O. The molecule has 6 atom stereocenters. The van der Waals surface area contributed by atoms with Gasteiger partial charge < -0.3 is 25.8 Å². The summed E-state index contributed by atoms with van der Waals surface area (Å²) in [6, 6.07) is 2.71. The summed E-state index contributed by atoms with van der Waals surface area (Å²) >= 11 is 0. The fourth-order valence-corrected chi connectivity index (χ4v) is 7.87. The Hall–Kier alpha value is -3.33. The van der Waals surface area contributed by atoms with E-state index >= 15 is 0 Å². The highest BCUT2D eigenvalue weighted by molar-refractivity contribution is 7.88. The van der Waals surface area contributed by atoms with Gasteiger partial charge in [-0.05, 0) is 45.6 Å². The van der Waals surface area contributed by atoms with E-state index in [1.807, 2.05) is 58.9 Å². The van der Waals surface area contributed by atoms with E-state index < -0.39 is 81.6 Å². The quantitative estimate of drug-likeness (QED) is 0.318. The molecule has 0 unspecified atom stereocenters. The molecule has 1 aromatic carbocycles. The summed E-state index contributed by atoms with van der Waals surface area (Å²) in [4.78, 5) is 58.6. The van der Waals surface area contributed by atoms with Crippen molar-refractivity contribution in [3.63, 3.8) is 0 Å². The third-order valence-electron chi connectivity index (χ3n) is 11.0. The molecule has 1 saturated heterocycles. The molecule has 0 radical (unpaired) electrons. The van der Waals surface area contributed by atoms with Crippen molar-refractivity contribution in [2.24, 2.45) is 28.1 Å². The molecule has 1 aromatic rings. The van der Waals surface area contributed by atoms with Crippen LogP contribution in [-0.2, 0) is 37.4 Å². The molecule has 2 fully saturated rings. The summed E-state index contributed by atoms with van der Waals surface area (Å²) in [5.74, 6) is -2.08. The van der Waals surface area contributed by atoms with E-state index in [2.05, 4.69) is 16.0 Å². The Morgan fingerprint density at radius 3 is 2.12 bits per heavy atom. The first kappa shape index (κ1) is 40.4. The van der Waals surface area contributed by atoms with Crippen LogP contribution in [0.25, 0.3) is 0 Å². The van der Waals surface area contributed by atoms with Gasteiger partial charge in [0.2, 0.25) is 34.2 Å². The Labute approximate surface area is 301 Å². The Bertz CT molecular complexity index is 1610. The summed E-state index contributed by atoms with van der Waals surface area (Å²) in [6.45, 7) is 15.7. The van der Waals surface area contributed by atoms with Crippen LogP contribution < -0.4 is 16.0 Å². The zero-order chi connectivity index (χ0) is 38.4. The van der Waals surface area contributed by atoms with Crippen LogP contribution in [0.2, 0.25) is 0 Å². The van der Waals surface area contributed by atoms with Crippen LogP contribution in [0.5, 0.6) is 0 Å². The number of sulfonamides is 1. The van der Waals surface area contributed by atoms with Gasteiger partial charge >= 0.3 is 6.03 Å². The van der Waals surface area contributed by atoms with Gasteiger partial charge in [0.1, 0.15) is 18.1 Å². The minimum atomic E-state index is -3.53. The fourth-order valence-electron chi connectivity index (χ4n) is 7.45. The lowest BCUT2D eigenvalue weighted by atomic mass is 9.85. The second kappa shape index (κ2) is 14.6. The summed E-state index contributed by atoms with van der Waals surface area (Å²) in [7, 11) is -2.11. The third kappa shape index (κ3) is 9.19. The zero-order valence-electron chi connectivity index (χ0n) is 31.5. The predicted octanol–water partition coefficient (Wildman–Crippen LogP) is 3.21. The molecular formula is C36H56F2N6O6S. The Kier molecular flexibility index (Phi) is 11.6. The molecule has 3 N–H and O–H groups in total. The predicted molar refractivity (Wildman–Crippen MR) is 190 cm³/mol. The molecule has 0 aromatic heterocycles. The molecule has 1 aliphatic carbocycles. The van der Waals surface area contributed by atoms with E-state index in [9.17, 15) is 36.4 Å². The largest absolute Gasteiger partial charge is 0.342 e. The van der Waals surface area contributed by atoms with Crippen LogP contribution in [0.4, 0.5) is 13.6 Å². The first-order chi connectivity index (χ1) is 23.3. The fraction of sp³-hybridized carbons (Fsp3) is 0.722. The number of nitrogens with one attached hydrogen (secondary N) is 3. The monoisotopic (exact) mass is 738 g/mol. The minimum Gasteiger partial charge on any atom is -0.342 e. The number of rotatable bonds is 11. The van der Waals surface area contributed by atoms with Crippen molar-refractivity contribution >= 4 is 33.8 Å². The molecule has 4 rings (SSSR count). The van der Waals surface area contributed by atoms with Crippen LogP contribution in [0.15, 0.2) is 24.3 Å². The summed E-state index contributed by atoms with van der Waals surface area (Å²) < 4.78 is 53.2. The van der Waals surface area contributed by atoms with Crippen LogP contribution in [-0.4, -0.2) is 110 Å². The van der Waals surface area contributed by atoms with Gasteiger partial charge in [0.25, 0.3) is 0 Å². The van der Waals surface area contributed by atoms with E-state index in [4.69, 9.17) is 0 Å². The van der Waals surface area contributed by atoms with Crippen molar-refractivity contribution in [3.05, 3.63) is 35.4 Å². The molecule has 1 saturated carbocycles. The zero-order valence-corrected chi connectivity index (χ0v) is 32.4. The van der Waals surface area contributed by atoms with Gasteiger partial charge in [-0.1, -0.05) is 79.7 Å². The van der Waals surface area contributed by atoms with Crippen molar-refractivity contribution in [3.8, 4) is 0 Å². The average Bonchev–Trinajstić information content (AvgIpc) is 3.31. The van der Waals surface area contributed by atoms with Crippen LogP contribution in [0, 0.1) is 28.1 Å². The summed E-state index contributed by atoms with van der Waals surface area (Å²) in [6.07, 6.45) is -2.07. The smallest absolute Gasteiger partial charge is 0.315 e. The van der Waals surface area contributed by atoms with Crippen LogP contribution in [0.3, 0.4) is 0 Å². The normalized spacial score (nSPS) is 23.2. The molecule has 2 heterocycles. The number of piperidine rings is 1. The number of halogens is 2. The number of fused-ring (bicyclic) bond motifs is 2. The standard InChI is InChI=1S/C36H56F2N6O6S/c1-34(2,3)25(20-42(9)51(10,49)50)40-33(48)41-29(35(4,5)6)32(47)44-19-23-27(36(23,7)8)28(44)30(45)39-24(17-26(37)38)31(46)43-16-15-21-13-11-12-14-22(21)18-43/h11-14,23-29H,15-20H2,1-10H3,(H,39,45)(H2,40,41,48)/t23-,24-,25+,27-,28-,29+/m0/s1. The highest BCUT2D eigenvalue weighted by atomic mass is 32.2. The van der Waals surface area contributed by atoms with Crippen molar-refractivity contribution in [2.75, 3.05) is 32.9 Å². The van der Waals surface area contributed by atoms with Gasteiger partial charge in [0.05, 0.1) is 6.26 Å². The molecule has 0 bridgehead atoms. The maximum Gasteiger partial charge on any atom is 0.315 e. The van der Waals surface area contributed by atoms with Gasteiger partial charge in [-0.2, -0.15) is 0 Å². The lowest BCUT2D eigenvalue weighted by Crippen LogP contribution is -2.63. The summed E-state index contributed by atoms with van der Waals surface area (Å²) in [5.41, 5.74) is 0.341. The molecule has 2 aliphatic heterocycles. The number of amides is 5. The molecule has 286 valence electrons. The van der Waals surface area contributed by atoms with E-state index in [1.165, 1.54) is 16.8 Å². The number of carbonyl (C=O) groups is 4. The first-order valence-corrected chi connectivity index (χ1v) is 19.4. The Morgan fingerprint density at radius 2 is 1.57 bits per heavy atom. The van der Waals surface area contributed by atoms with E-state index in [0.29, 0.717) is 13.0 Å². The lowest BCUT2D eigenvalue weighted by Gasteiger charge is -2.39. The second-order valence-corrected chi connectivity index (χ2v) is 19.3. The van der Waals surface area contributed by atoms with Crippen molar-refractivity contribution < 1.29 is 36.4 Å². The van der Waals surface area contributed by atoms with Gasteiger partial charge in [0.15, 0.2) is 0 Å².